The Bertz CT molecular complexity index is 285. The van der Waals surface area contributed by atoms with Crippen LogP contribution < -0.4 is 0 Å². The molecule has 6 N–H and O–H groups in total. The van der Waals surface area contributed by atoms with E-state index in [0.29, 0.717) is 20.6 Å². The first kappa shape index (κ1) is 45.7. The van der Waals surface area contributed by atoms with Gasteiger partial charge >= 0.3 is 209 Å². The minimum atomic E-state index is -0.182. The summed E-state index contributed by atoms with van der Waals surface area (Å²) in [6.45, 7) is 42.6. The Hall–Kier alpha value is 2.28. The Balaban J connectivity index is -0.0000000686. The zero-order valence-electron chi connectivity index (χ0n) is 24.0. The molecule has 3 nitrogen and oxygen atoms in total. The maximum absolute atomic E-state index is 2.37. The van der Waals surface area contributed by atoms with E-state index in [4.69, 9.17) is 0 Å². The number of hydrogen-bond acceptors (Lipinski definition) is 0. The first-order valence-electron chi connectivity index (χ1n) is 10.5. The molecule has 0 heterocycles. The smallest absolute Gasteiger partial charge is 0.412 e. The number of hydrogen-bond donors (Lipinski definition) is 0. The SMILES string of the molecule is C[C](C)(C)[Sn][C](C)(C)C.C[C](C)(C)[Sn][C](C)(C)C.C[C](C)(C)[Sn][C](C)(C)C.O.O.O. The van der Waals surface area contributed by atoms with Gasteiger partial charge in [-0.2, -0.15) is 0 Å². The van der Waals surface area contributed by atoms with Gasteiger partial charge in [-0.3, -0.25) is 0 Å². The second kappa shape index (κ2) is 16.8. The van der Waals surface area contributed by atoms with Crippen LogP contribution in [0.25, 0.3) is 0 Å². The summed E-state index contributed by atoms with van der Waals surface area (Å²) in [6.07, 6.45) is 0. The standard InChI is InChI=1S/6C4H9.3H2O.3Sn/c6*1-4(2)3;;;;;;/h6*1-3H3;3*1H2;;;. The third-order valence-corrected chi connectivity index (χ3v) is 15.1. The van der Waals surface area contributed by atoms with Crippen molar-refractivity contribution < 1.29 is 16.4 Å². The molecule has 186 valence electrons. The van der Waals surface area contributed by atoms with Crippen molar-refractivity contribution in [2.45, 2.75) is 145 Å². The molecule has 0 unspecified atom stereocenters. The molecule has 0 saturated heterocycles. The molecule has 0 saturated carbocycles. The summed E-state index contributed by atoms with van der Waals surface area (Å²) in [7, 11) is 0. The zero-order chi connectivity index (χ0) is 23.1. The second-order valence-corrected chi connectivity index (χ2v) is 41.7. The fourth-order valence-corrected chi connectivity index (χ4v) is 22.6. The molecule has 6 heteroatoms. The molecular weight excluding hydrogens is 692 g/mol. The summed E-state index contributed by atoms with van der Waals surface area (Å²) in [5, 5.41) is 0. The fraction of sp³-hybridized carbons (Fsp3) is 1.00. The quantitative estimate of drug-likeness (QED) is 0.241. The molecule has 0 rings (SSSR count). The topological polar surface area (TPSA) is 94.5 Å². The van der Waals surface area contributed by atoms with Gasteiger partial charge in [-0.1, -0.05) is 0 Å². The molecule has 0 aromatic heterocycles. The van der Waals surface area contributed by atoms with Gasteiger partial charge in [-0.05, 0) is 0 Å². The Morgan fingerprint density at radius 2 is 0.300 bits per heavy atom. The van der Waals surface area contributed by atoms with E-state index in [9.17, 15) is 0 Å². The summed E-state index contributed by atoms with van der Waals surface area (Å²) in [5.41, 5.74) is 0. The Labute approximate surface area is 223 Å². The summed E-state index contributed by atoms with van der Waals surface area (Å²) >= 11 is -0.545. The van der Waals surface area contributed by atoms with Gasteiger partial charge < -0.3 is 16.4 Å². The summed E-state index contributed by atoms with van der Waals surface area (Å²) in [4.78, 5) is 0. The Morgan fingerprint density at radius 3 is 0.300 bits per heavy atom. The van der Waals surface area contributed by atoms with Crippen molar-refractivity contribution in [3.63, 3.8) is 0 Å². The van der Waals surface area contributed by atoms with Crippen molar-refractivity contribution in [2.75, 3.05) is 0 Å². The fourth-order valence-electron chi connectivity index (χ4n) is 3.38. The van der Waals surface area contributed by atoms with E-state index in [1.165, 1.54) is 0 Å². The first-order valence-corrected chi connectivity index (χ1v) is 19.1. The molecule has 0 aliphatic heterocycles. The predicted octanol–water partition coefficient (Wildman–Crippen LogP) is 6.91. The number of rotatable bonds is 0. The maximum atomic E-state index is 2.37. The van der Waals surface area contributed by atoms with Crippen LogP contribution in [0.5, 0.6) is 0 Å². The summed E-state index contributed by atoms with van der Waals surface area (Å²) in [6, 6.07) is 0. The molecule has 0 spiro atoms. The predicted molar refractivity (Wildman–Crippen MR) is 146 cm³/mol. The van der Waals surface area contributed by atoms with E-state index in [-0.39, 0.29) is 79.9 Å². The van der Waals surface area contributed by atoms with Gasteiger partial charge in [0, 0.05) is 0 Å². The molecule has 0 aliphatic rings. The molecule has 0 aliphatic carbocycles. The van der Waals surface area contributed by atoms with Crippen LogP contribution in [0, 0.1) is 0 Å². The molecule has 6 radical (unpaired) electrons. The van der Waals surface area contributed by atoms with Crippen LogP contribution in [-0.2, 0) is 0 Å². The van der Waals surface area contributed by atoms with Crippen LogP contribution in [-0.4, -0.2) is 79.9 Å². The maximum Gasteiger partial charge on any atom is -0.412 e. The van der Waals surface area contributed by atoms with Gasteiger partial charge in [0.1, 0.15) is 0 Å². The van der Waals surface area contributed by atoms with Crippen molar-refractivity contribution in [3.05, 3.63) is 0 Å². The molecule has 0 bridgehead atoms. The van der Waals surface area contributed by atoms with E-state index >= 15 is 0 Å². The third-order valence-electron chi connectivity index (χ3n) is 2.25. The molecule has 0 aromatic rings. The van der Waals surface area contributed by atoms with Gasteiger partial charge in [0.05, 0.1) is 0 Å². The second-order valence-electron chi connectivity index (χ2n) is 13.9. The zero-order valence-corrected chi connectivity index (χ0v) is 32.6. The van der Waals surface area contributed by atoms with E-state index in [1.807, 2.05) is 0 Å². The van der Waals surface area contributed by atoms with E-state index in [2.05, 4.69) is 125 Å². The van der Waals surface area contributed by atoms with E-state index < -0.39 is 0 Å². The van der Waals surface area contributed by atoms with Crippen LogP contribution in [0.15, 0.2) is 0 Å². The van der Waals surface area contributed by atoms with Crippen LogP contribution in [0.3, 0.4) is 0 Å². The normalized spacial score (nSPS) is 12.6. The van der Waals surface area contributed by atoms with Crippen LogP contribution in [0.2, 0.25) is 20.6 Å². The van der Waals surface area contributed by atoms with Crippen LogP contribution >= 0.6 is 0 Å². The van der Waals surface area contributed by atoms with Gasteiger partial charge in [0.25, 0.3) is 0 Å². The van der Waals surface area contributed by atoms with Crippen molar-refractivity contribution in [1.29, 1.82) is 0 Å². The minimum absolute atomic E-state index is 0. The van der Waals surface area contributed by atoms with E-state index in [1.54, 1.807) is 0 Å². The third kappa shape index (κ3) is 63.1. The van der Waals surface area contributed by atoms with Gasteiger partial charge in [0.2, 0.25) is 0 Å². The largest absolute Gasteiger partial charge is 0.412 e. The van der Waals surface area contributed by atoms with Crippen LogP contribution in [0.4, 0.5) is 0 Å². The molecule has 30 heavy (non-hydrogen) atoms. The van der Waals surface area contributed by atoms with Crippen molar-refractivity contribution >= 4 is 63.4 Å². The van der Waals surface area contributed by atoms with E-state index in [0.717, 1.165) is 0 Å². The first-order chi connectivity index (χ1) is 11.1. The Kier molecular flexibility index (Phi) is 25.6. The molecular formula is C24H60O3Sn3. The monoisotopic (exact) mass is 756 g/mol. The average molecular weight is 753 g/mol. The van der Waals surface area contributed by atoms with Crippen molar-refractivity contribution in [3.8, 4) is 0 Å². The van der Waals surface area contributed by atoms with Crippen molar-refractivity contribution in [1.82, 2.24) is 0 Å². The molecule has 0 aromatic carbocycles. The van der Waals surface area contributed by atoms with Gasteiger partial charge in [-0.25, -0.2) is 0 Å². The molecule has 0 atom stereocenters. The average Bonchev–Trinajstić information content (AvgIpc) is 1.96. The Morgan fingerprint density at radius 1 is 0.233 bits per heavy atom. The van der Waals surface area contributed by atoms with Crippen molar-refractivity contribution in [2.24, 2.45) is 0 Å². The minimum Gasteiger partial charge on any atom is -0.412 e. The van der Waals surface area contributed by atoms with Gasteiger partial charge in [0.15, 0.2) is 0 Å². The van der Waals surface area contributed by atoms with Crippen LogP contribution in [0.1, 0.15) is 125 Å². The summed E-state index contributed by atoms with van der Waals surface area (Å²) < 4.78 is 3.93. The van der Waals surface area contributed by atoms with Gasteiger partial charge in [-0.15, -0.1) is 0 Å². The molecule has 0 amide bonds. The molecule has 0 fully saturated rings. The summed E-state index contributed by atoms with van der Waals surface area (Å²) in [5.74, 6) is 0.